The quantitative estimate of drug-likeness (QED) is 0.424. The van der Waals surface area contributed by atoms with Crippen molar-refractivity contribution < 1.29 is 22.6 Å². The van der Waals surface area contributed by atoms with Crippen molar-refractivity contribution in [1.82, 2.24) is 9.97 Å². The van der Waals surface area contributed by atoms with Crippen molar-refractivity contribution in [1.29, 1.82) is 0 Å². The van der Waals surface area contributed by atoms with Crippen molar-refractivity contribution in [3.05, 3.63) is 36.0 Å². The second-order valence-corrected chi connectivity index (χ2v) is 6.70. The van der Waals surface area contributed by atoms with Gasteiger partial charge >= 0.3 is 12.2 Å². The van der Waals surface area contributed by atoms with E-state index in [1.807, 2.05) is 6.92 Å². The van der Waals surface area contributed by atoms with Crippen molar-refractivity contribution in [2.75, 3.05) is 25.2 Å². The van der Waals surface area contributed by atoms with E-state index in [0.717, 1.165) is 25.5 Å². The van der Waals surface area contributed by atoms with Gasteiger partial charge in [0.05, 0.1) is 13.2 Å². The molecule has 0 atom stereocenters. The number of unbranched alkanes of at least 4 members (excludes halogenated alkanes) is 3. The van der Waals surface area contributed by atoms with E-state index in [0.29, 0.717) is 31.1 Å². The van der Waals surface area contributed by atoms with Crippen molar-refractivity contribution in [2.45, 2.75) is 52.1 Å². The Balaban J connectivity index is 2.16. The molecule has 0 aliphatic heterocycles. The minimum absolute atomic E-state index is 0.0752. The first-order chi connectivity index (χ1) is 13.9. The van der Waals surface area contributed by atoms with E-state index in [4.69, 9.17) is 9.47 Å². The molecule has 1 aromatic heterocycles. The minimum atomic E-state index is -4.57. The Morgan fingerprint density at radius 2 is 1.66 bits per heavy atom. The predicted octanol–water partition coefficient (Wildman–Crippen LogP) is 6.01. The largest absolute Gasteiger partial charge is 0.494 e. The maximum atomic E-state index is 13.4. The van der Waals surface area contributed by atoms with Crippen molar-refractivity contribution in [2.24, 2.45) is 0 Å². The topological polar surface area (TPSA) is 47.5 Å². The van der Waals surface area contributed by atoms with Crippen LogP contribution >= 0.6 is 0 Å². The SMILES string of the molecule is CCCCCCOc1ccc(N(C)c2nc(OCCC)ncc2C(F)(F)F)cc1. The second-order valence-electron chi connectivity index (χ2n) is 6.70. The molecule has 1 aromatic carbocycles. The Hall–Kier alpha value is -2.51. The molecule has 2 rings (SSSR count). The predicted molar refractivity (Wildman–Crippen MR) is 107 cm³/mol. The molecule has 0 radical (unpaired) electrons. The number of anilines is 2. The third kappa shape index (κ3) is 6.80. The van der Waals surface area contributed by atoms with E-state index >= 15 is 0 Å². The number of halogens is 3. The number of rotatable bonds is 11. The fourth-order valence-corrected chi connectivity index (χ4v) is 2.68. The summed E-state index contributed by atoms with van der Waals surface area (Å²) < 4.78 is 51.3. The van der Waals surface area contributed by atoms with Crippen LogP contribution in [0.5, 0.6) is 11.8 Å². The Labute approximate surface area is 169 Å². The lowest BCUT2D eigenvalue weighted by atomic mass is 10.2. The molecule has 0 N–H and O–H groups in total. The van der Waals surface area contributed by atoms with Crippen LogP contribution in [0.3, 0.4) is 0 Å². The normalized spacial score (nSPS) is 11.4. The molecule has 5 nitrogen and oxygen atoms in total. The number of hydrogen-bond donors (Lipinski definition) is 0. The number of nitrogens with zero attached hydrogens (tertiary/aromatic N) is 3. The Morgan fingerprint density at radius 3 is 2.28 bits per heavy atom. The molecule has 0 unspecified atom stereocenters. The fourth-order valence-electron chi connectivity index (χ4n) is 2.68. The van der Waals surface area contributed by atoms with Gasteiger partial charge in [-0.15, -0.1) is 0 Å². The maximum absolute atomic E-state index is 13.4. The van der Waals surface area contributed by atoms with Gasteiger partial charge < -0.3 is 14.4 Å². The summed E-state index contributed by atoms with van der Waals surface area (Å²) in [5, 5.41) is 0. The van der Waals surface area contributed by atoms with E-state index in [9.17, 15) is 13.2 Å². The summed E-state index contributed by atoms with van der Waals surface area (Å²) in [6.07, 6.45) is 1.33. The van der Waals surface area contributed by atoms with Gasteiger partial charge in [0.1, 0.15) is 11.3 Å². The molecule has 0 saturated carbocycles. The zero-order valence-electron chi connectivity index (χ0n) is 17.1. The highest BCUT2D eigenvalue weighted by molar-refractivity contribution is 5.63. The van der Waals surface area contributed by atoms with E-state index in [-0.39, 0.29) is 11.8 Å². The van der Waals surface area contributed by atoms with Crippen LogP contribution < -0.4 is 14.4 Å². The van der Waals surface area contributed by atoms with Crippen molar-refractivity contribution in [3.63, 3.8) is 0 Å². The third-order valence-electron chi connectivity index (χ3n) is 4.30. The lowest BCUT2D eigenvalue weighted by Crippen LogP contribution is -2.19. The Kier molecular flexibility index (Phi) is 8.54. The van der Waals surface area contributed by atoms with Crippen molar-refractivity contribution in [3.8, 4) is 11.8 Å². The van der Waals surface area contributed by atoms with Crippen LogP contribution in [0, 0.1) is 0 Å². The standard InChI is InChI=1S/C21H28F3N3O2/c1-4-6-7-8-14-28-17-11-9-16(10-12-17)27(3)19-18(21(22,23)24)15-25-20(26-19)29-13-5-2/h9-12,15H,4-8,13-14H2,1-3H3. The minimum Gasteiger partial charge on any atom is -0.494 e. The van der Waals surface area contributed by atoms with Gasteiger partial charge in [-0.2, -0.15) is 18.2 Å². The van der Waals surface area contributed by atoms with Crippen LogP contribution in [0.2, 0.25) is 0 Å². The summed E-state index contributed by atoms with van der Waals surface area (Å²) in [6, 6.07) is 6.82. The highest BCUT2D eigenvalue weighted by atomic mass is 19.4. The molecule has 29 heavy (non-hydrogen) atoms. The summed E-state index contributed by atoms with van der Waals surface area (Å²) >= 11 is 0. The molecule has 0 aliphatic carbocycles. The lowest BCUT2D eigenvalue weighted by molar-refractivity contribution is -0.137. The molecule has 8 heteroatoms. The number of hydrogen-bond acceptors (Lipinski definition) is 5. The van der Waals surface area contributed by atoms with Gasteiger partial charge in [-0.25, -0.2) is 4.98 Å². The molecular formula is C21H28F3N3O2. The summed E-state index contributed by atoms with van der Waals surface area (Å²) in [5.41, 5.74) is -0.367. The Bertz CT molecular complexity index is 752. The van der Waals surface area contributed by atoms with Crippen molar-refractivity contribution >= 4 is 11.5 Å². The average molecular weight is 411 g/mol. The molecule has 0 aliphatic rings. The zero-order valence-corrected chi connectivity index (χ0v) is 17.1. The molecule has 0 amide bonds. The molecule has 2 aromatic rings. The van der Waals surface area contributed by atoms with Crippen LogP contribution in [0.4, 0.5) is 24.7 Å². The summed E-state index contributed by atoms with van der Waals surface area (Å²) in [5.74, 6) is 0.427. The molecule has 1 heterocycles. The summed E-state index contributed by atoms with van der Waals surface area (Å²) in [4.78, 5) is 9.05. The van der Waals surface area contributed by atoms with Crippen LogP contribution in [0.15, 0.2) is 30.5 Å². The molecule has 160 valence electrons. The first kappa shape index (κ1) is 22.8. The number of ether oxygens (including phenoxy) is 2. The van der Waals surface area contributed by atoms with E-state index in [1.165, 1.54) is 18.4 Å². The second kappa shape index (κ2) is 10.9. The average Bonchev–Trinajstić information content (AvgIpc) is 2.71. The zero-order chi connectivity index (χ0) is 21.3. The number of alkyl halides is 3. The van der Waals surface area contributed by atoms with Crippen LogP contribution in [-0.4, -0.2) is 30.2 Å². The van der Waals surface area contributed by atoms with Gasteiger partial charge in [0.15, 0.2) is 5.82 Å². The first-order valence-electron chi connectivity index (χ1n) is 9.90. The van der Waals surface area contributed by atoms with Gasteiger partial charge in [-0.05, 0) is 37.1 Å². The van der Waals surface area contributed by atoms with Crippen LogP contribution in [-0.2, 0) is 6.18 Å². The van der Waals surface area contributed by atoms with Gasteiger partial charge in [-0.3, -0.25) is 0 Å². The Morgan fingerprint density at radius 1 is 0.931 bits per heavy atom. The summed E-state index contributed by atoms with van der Waals surface area (Å²) in [7, 11) is 1.53. The first-order valence-corrected chi connectivity index (χ1v) is 9.90. The highest BCUT2D eigenvalue weighted by Gasteiger charge is 2.36. The van der Waals surface area contributed by atoms with Crippen LogP contribution in [0.1, 0.15) is 51.5 Å². The van der Waals surface area contributed by atoms with E-state index < -0.39 is 11.7 Å². The van der Waals surface area contributed by atoms with Crippen LogP contribution in [0.25, 0.3) is 0 Å². The molecule has 0 spiro atoms. The van der Waals surface area contributed by atoms with E-state index in [2.05, 4.69) is 16.9 Å². The molecule has 0 fully saturated rings. The van der Waals surface area contributed by atoms with Gasteiger partial charge in [-0.1, -0.05) is 33.1 Å². The van der Waals surface area contributed by atoms with E-state index in [1.54, 1.807) is 24.3 Å². The van der Waals surface area contributed by atoms with Gasteiger partial charge in [0.2, 0.25) is 0 Å². The number of aromatic nitrogens is 2. The molecular weight excluding hydrogens is 383 g/mol. The van der Waals surface area contributed by atoms with Gasteiger partial charge in [0, 0.05) is 18.9 Å². The summed E-state index contributed by atoms with van der Waals surface area (Å²) in [6.45, 7) is 5.00. The van der Waals surface area contributed by atoms with Gasteiger partial charge in [0.25, 0.3) is 0 Å². The highest BCUT2D eigenvalue weighted by Crippen LogP contribution is 2.38. The smallest absolute Gasteiger partial charge is 0.421 e. The lowest BCUT2D eigenvalue weighted by Gasteiger charge is -2.22. The third-order valence-corrected chi connectivity index (χ3v) is 4.30. The molecule has 0 saturated heterocycles. The number of benzene rings is 1. The molecule has 0 bridgehead atoms. The maximum Gasteiger partial charge on any atom is 0.421 e. The fraction of sp³-hybridized carbons (Fsp3) is 0.524. The monoisotopic (exact) mass is 411 g/mol.